The van der Waals surface area contributed by atoms with E-state index in [0.29, 0.717) is 23.0 Å². The van der Waals surface area contributed by atoms with Crippen molar-refractivity contribution in [1.82, 2.24) is 15.0 Å². The summed E-state index contributed by atoms with van der Waals surface area (Å²) >= 11 is 3.68. The summed E-state index contributed by atoms with van der Waals surface area (Å²) in [5.74, 6) is 1.50. The zero-order chi connectivity index (χ0) is 25.7. The van der Waals surface area contributed by atoms with Gasteiger partial charge in [-0.2, -0.15) is 9.97 Å². The summed E-state index contributed by atoms with van der Waals surface area (Å²) in [6.45, 7) is 13.4. The molecule has 2 aromatic heterocycles. The number of nitrogens with zero attached hydrogens (tertiary/aromatic N) is 4. The Hall–Kier alpha value is -4.04. The Labute approximate surface area is 218 Å². The van der Waals surface area contributed by atoms with E-state index in [2.05, 4.69) is 60.9 Å². The average Bonchev–Trinajstić information content (AvgIpc) is 3.20. The number of rotatable bonds is 9. The van der Waals surface area contributed by atoms with Crippen LogP contribution >= 0.6 is 15.9 Å². The van der Waals surface area contributed by atoms with Crippen LogP contribution in [0.4, 0.5) is 11.4 Å². The third-order valence-electron chi connectivity index (χ3n) is 5.39. The molecule has 2 aromatic carbocycles. The molecule has 0 radical (unpaired) electrons. The van der Waals surface area contributed by atoms with Crippen molar-refractivity contribution < 1.29 is 9.47 Å². The number of aliphatic imine (C=N–C) groups is 2. The van der Waals surface area contributed by atoms with Crippen molar-refractivity contribution in [1.29, 1.82) is 0 Å². The summed E-state index contributed by atoms with van der Waals surface area (Å²) < 4.78 is 13.2. The molecule has 182 valence electrons. The number of fused-ring (bicyclic) bond motifs is 1. The smallest absolute Gasteiger partial charge is 0.327 e. The number of hydrogen-bond acceptors (Lipinski definition) is 6. The molecule has 0 unspecified atom stereocenters. The first kappa shape index (κ1) is 25.1. The molecule has 0 spiro atoms. The number of aryl methyl sites for hydroxylation is 3. The molecule has 0 saturated carbocycles. The Balaban J connectivity index is 1.77. The van der Waals surface area contributed by atoms with E-state index in [9.17, 15) is 0 Å². The molecular formula is C28H26BrN5O2. The standard InChI is InChI=1S/C28H26BrN5O2/c1-6-13-30-22-15-19(11-9-17(22)4)35-27-24-25(29)21(8-3)32-26(24)33-28(34-27)36-20-12-10-18(5)23(16-20)31-14-7-2/h6-7,9-16H,1-2,8H2,3-5H3,(H,32,33,34). The molecule has 0 saturated heterocycles. The van der Waals surface area contributed by atoms with Crippen LogP contribution in [0.25, 0.3) is 11.0 Å². The quantitative estimate of drug-likeness (QED) is 0.215. The number of benzene rings is 2. The monoisotopic (exact) mass is 543 g/mol. The van der Waals surface area contributed by atoms with Crippen molar-refractivity contribution >= 4 is 50.8 Å². The van der Waals surface area contributed by atoms with Crippen molar-refractivity contribution in [3.63, 3.8) is 0 Å². The maximum Gasteiger partial charge on any atom is 0.327 e. The van der Waals surface area contributed by atoms with Gasteiger partial charge in [-0.25, -0.2) is 0 Å². The first-order chi connectivity index (χ1) is 17.4. The van der Waals surface area contributed by atoms with Gasteiger partial charge in [0.25, 0.3) is 0 Å². The lowest BCUT2D eigenvalue weighted by atomic mass is 10.2. The lowest BCUT2D eigenvalue weighted by molar-refractivity contribution is 0.417. The van der Waals surface area contributed by atoms with Crippen LogP contribution in [0.1, 0.15) is 23.7 Å². The summed E-state index contributed by atoms with van der Waals surface area (Å²) in [6.07, 6.45) is 7.32. The average molecular weight is 544 g/mol. The molecule has 8 heteroatoms. The molecule has 4 rings (SSSR count). The van der Waals surface area contributed by atoms with E-state index in [1.54, 1.807) is 24.6 Å². The highest BCUT2D eigenvalue weighted by Crippen LogP contribution is 2.38. The number of hydrogen-bond donors (Lipinski definition) is 1. The highest BCUT2D eigenvalue weighted by atomic mass is 79.9. The minimum absolute atomic E-state index is 0.147. The minimum Gasteiger partial charge on any atom is -0.438 e. The molecule has 0 fully saturated rings. The van der Waals surface area contributed by atoms with Crippen LogP contribution in [0.3, 0.4) is 0 Å². The van der Waals surface area contributed by atoms with E-state index in [1.807, 2.05) is 50.2 Å². The molecule has 0 amide bonds. The van der Waals surface area contributed by atoms with Gasteiger partial charge in [0.15, 0.2) is 0 Å². The fraction of sp³-hybridized carbons (Fsp3) is 0.143. The largest absolute Gasteiger partial charge is 0.438 e. The van der Waals surface area contributed by atoms with Gasteiger partial charge < -0.3 is 14.5 Å². The lowest BCUT2D eigenvalue weighted by Gasteiger charge is -2.11. The number of ether oxygens (including phenoxy) is 2. The maximum atomic E-state index is 6.26. The SMILES string of the molecule is C=CC=Nc1cc(Oc2nc(Oc3ccc(C)c(N=CC=C)c3)c3c(Br)c(CC)[nH]c3n2)ccc1C. The van der Waals surface area contributed by atoms with Crippen LogP contribution in [0.5, 0.6) is 23.4 Å². The number of nitrogens with one attached hydrogen (secondary N) is 1. The molecule has 0 bridgehead atoms. The van der Waals surface area contributed by atoms with Crippen molar-refractivity contribution in [2.45, 2.75) is 27.2 Å². The predicted molar refractivity (Wildman–Crippen MR) is 150 cm³/mol. The second-order valence-corrected chi connectivity index (χ2v) is 8.73. The van der Waals surface area contributed by atoms with Crippen LogP contribution in [0, 0.1) is 13.8 Å². The summed E-state index contributed by atoms with van der Waals surface area (Å²) in [5.41, 5.74) is 5.17. The molecule has 2 heterocycles. The zero-order valence-electron chi connectivity index (χ0n) is 20.4. The molecule has 36 heavy (non-hydrogen) atoms. The molecule has 1 N–H and O–H groups in total. The fourth-order valence-electron chi connectivity index (χ4n) is 3.49. The number of halogens is 1. The van der Waals surface area contributed by atoms with Crippen LogP contribution in [0.2, 0.25) is 0 Å². The van der Waals surface area contributed by atoms with Gasteiger partial charge >= 0.3 is 6.01 Å². The van der Waals surface area contributed by atoms with Gasteiger partial charge in [0.2, 0.25) is 5.88 Å². The highest BCUT2D eigenvalue weighted by Gasteiger charge is 2.19. The molecule has 0 aliphatic heterocycles. The van der Waals surface area contributed by atoms with Crippen LogP contribution in [0.15, 0.2) is 76.2 Å². The van der Waals surface area contributed by atoms with Gasteiger partial charge in [-0.1, -0.05) is 44.4 Å². The zero-order valence-corrected chi connectivity index (χ0v) is 22.0. The number of allylic oxidation sites excluding steroid dienone is 2. The van der Waals surface area contributed by atoms with Gasteiger partial charge in [0, 0.05) is 30.3 Å². The summed E-state index contributed by atoms with van der Waals surface area (Å²) in [6, 6.07) is 11.4. The Morgan fingerprint density at radius 2 is 1.50 bits per heavy atom. The highest BCUT2D eigenvalue weighted by molar-refractivity contribution is 9.10. The van der Waals surface area contributed by atoms with E-state index in [0.717, 1.165) is 44.5 Å². The molecular weight excluding hydrogens is 518 g/mol. The second kappa shape index (κ2) is 11.1. The fourth-order valence-corrected chi connectivity index (χ4v) is 4.22. The minimum atomic E-state index is 0.147. The van der Waals surface area contributed by atoms with Gasteiger partial charge in [-0.05, 0) is 59.5 Å². The Kier molecular flexibility index (Phi) is 7.75. The third kappa shape index (κ3) is 5.44. The lowest BCUT2D eigenvalue weighted by Crippen LogP contribution is -1.97. The van der Waals surface area contributed by atoms with E-state index >= 15 is 0 Å². The van der Waals surface area contributed by atoms with Crippen molar-refractivity contribution in [2.75, 3.05) is 0 Å². The van der Waals surface area contributed by atoms with Crippen molar-refractivity contribution in [3.8, 4) is 23.4 Å². The molecule has 7 nitrogen and oxygen atoms in total. The van der Waals surface area contributed by atoms with Gasteiger partial charge in [0.05, 0.1) is 21.2 Å². The predicted octanol–water partition coefficient (Wildman–Crippen LogP) is 8.26. The number of aromatic nitrogens is 3. The van der Waals surface area contributed by atoms with Crippen molar-refractivity contribution in [3.05, 3.63) is 83.0 Å². The van der Waals surface area contributed by atoms with E-state index in [4.69, 9.17) is 9.47 Å². The topological polar surface area (TPSA) is 84.8 Å². The van der Waals surface area contributed by atoms with Gasteiger partial charge in [-0.15, -0.1) is 0 Å². The molecule has 0 atom stereocenters. The Bertz CT molecular complexity index is 1500. The summed E-state index contributed by atoms with van der Waals surface area (Å²) in [4.78, 5) is 21.4. The number of H-pyrrole nitrogens is 1. The van der Waals surface area contributed by atoms with Gasteiger partial charge in [-0.3, -0.25) is 9.98 Å². The Morgan fingerprint density at radius 3 is 2.06 bits per heavy atom. The maximum absolute atomic E-state index is 6.26. The molecule has 0 aliphatic carbocycles. The normalized spacial score (nSPS) is 11.4. The van der Waals surface area contributed by atoms with E-state index in [1.165, 1.54) is 0 Å². The van der Waals surface area contributed by atoms with Crippen molar-refractivity contribution in [2.24, 2.45) is 9.98 Å². The third-order valence-corrected chi connectivity index (χ3v) is 6.26. The first-order valence-electron chi connectivity index (χ1n) is 11.4. The van der Waals surface area contributed by atoms with Crippen LogP contribution in [-0.4, -0.2) is 27.4 Å². The molecule has 4 aromatic rings. The molecule has 0 aliphatic rings. The van der Waals surface area contributed by atoms with Gasteiger partial charge in [0.1, 0.15) is 17.1 Å². The summed E-state index contributed by atoms with van der Waals surface area (Å²) in [7, 11) is 0. The second-order valence-electron chi connectivity index (χ2n) is 7.93. The number of aromatic amines is 1. The summed E-state index contributed by atoms with van der Waals surface area (Å²) in [5, 5.41) is 0.732. The van der Waals surface area contributed by atoms with E-state index < -0.39 is 0 Å². The van der Waals surface area contributed by atoms with Crippen LogP contribution in [-0.2, 0) is 6.42 Å². The first-order valence-corrected chi connectivity index (χ1v) is 12.2. The Morgan fingerprint density at radius 1 is 0.917 bits per heavy atom. The van der Waals surface area contributed by atoms with E-state index in [-0.39, 0.29) is 6.01 Å². The van der Waals surface area contributed by atoms with Crippen LogP contribution < -0.4 is 9.47 Å².